The van der Waals surface area contributed by atoms with E-state index in [0.717, 1.165) is 12.0 Å². The van der Waals surface area contributed by atoms with Gasteiger partial charge in [-0.3, -0.25) is 0 Å². The third-order valence-corrected chi connectivity index (χ3v) is 4.77. The molecule has 1 rings (SSSR count). The molecule has 114 valence electrons. The summed E-state index contributed by atoms with van der Waals surface area (Å²) >= 11 is 0. The van der Waals surface area contributed by atoms with Gasteiger partial charge in [0, 0.05) is 18.6 Å². The lowest BCUT2D eigenvalue weighted by Crippen LogP contribution is -2.37. The van der Waals surface area contributed by atoms with Gasteiger partial charge in [-0.25, -0.2) is 13.1 Å². The van der Waals surface area contributed by atoms with Gasteiger partial charge >= 0.3 is 0 Å². The van der Waals surface area contributed by atoms with Gasteiger partial charge in [0.15, 0.2) is 0 Å². The predicted octanol–water partition coefficient (Wildman–Crippen LogP) is 2.05. The number of aliphatic hydroxyl groups excluding tert-OH is 1. The minimum Gasteiger partial charge on any atom is -0.396 e. The van der Waals surface area contributed by atoms with E-state index in [1.54, 1.807) is 0 Å². The van der Waals surface area contributed by atoms with Crippen LogP contribution >= 0.6 is 0 Å². The van der Waals surface area contributed by atoms with Gasteiger partial charge in [0.25, 0.3) is 0 Å². The molecule has 0 aliphatic heterocycles. The molecule has 0 aliphatic carbocycles. The molecule has 20 heavy (non-hydrogen) atoms. The highest BCUT2D eigenvalue weighted by Crippen LogP contribution is 2.21. The zero-order valence-electron chi connectivity index (χ0n) is 12.3. The van der Waals surface area contributed by atoms with Crippen LogP contribution in [0.1, 0.15) is 38.7 Å². The van der Waals surface area contributed by atoms with Crippen molar-refractivity contribution < 1.29 is 13.5 Å². The minimum absolute atomic E-state index is 0.120. The summed E-state index contributed by atoms with van der Waals surface area (Å²) in [5.74, 6) is 0.123. The van der Waals surface area contributed by atoms with Crippen molar-refractivity contribution in [3.8, 4) is 0 Å². The molecular weight excluding hydrogens is 274 g/mol. The fraction of sp³-hybridized carbons (Fsp3) is 0.600. The quantitative estimate of drug-likeness (QED) is 0.686. The van der Waals surface area contributed by atoms with Crippen molar-refractivity contribution >= 4 is 10.0 Å². The van der Waals surface area contributed by atoms with E-state index in [1.807, 2.05) is 44.2 Å². The number of nitrogens with one attached hydrogen (secondary N) is 1. The van der Waals surface area contributed by atoms with Crippen LogP contribution in [0.4, 0.5) is 0 Å². The zero-order valence-corrected chi connectivity index (χ0v) is 13.1. The number of rotatable bonds is 9. The Balaban J connectivity index is 2.49. The fourth-order valence-corrected chi connectivity index (χ4v) is 3.24. The van der Waals surface area contributed by atoms with Crippen LogP contribution in [0.2, 0.25) is 0 Å². The highest BCUT2D eigenvalue weighted by Gasteiger charge is 2.22. The maximum absolute atomic E-state index is 11.9. The van der Waals surface area contributed by atoms with Crippen LogP contribution in [0.25, 0.3) is 0 Å². The SMILES string of the molecule is CC(C)(CNS(=O)(=O)CCCCCO)c1ccccc1. The predicted molar refractivity (Wildman–Crippen MR) is 82.2 cm³/mol. The van der Waals surface area contributed by atoms with E-state index in [2.05, 4.69) is 4.72 Å². The monoisotopic (exact) mass is 299 g/mol. The summed E-state index contributed by atoms with van der Waals surface area (Å²) in [5, 5.41) is 8.67. The molecule has 0 fully saturated rings. The lowest BCUT2D eigenvalue weighted by Gasteiger charge is -2.25. The Morgan fingerprint density at radius 3 is 2.35 bits per heavy atom. The highest BCUT2D eigenvalue weighted by molar-refractivity contribution is 7.89. The van der Waals surface area contributed by atoms with Crippen LogP contribution in [0.3, 0.4) is 0 Å². The van der Waals surface area contributed by atoms with Gasteiger partial charge in [-0.1, -0.05) is 50.6 Å². The van der Waals surface area contributed by atoms with Crippen molar-refractivity contribution in [2.24, 2.45) is 0 Å². The van der Waals surface area contributed by atoms with Crippen LogP contribution in [-0.2, 0) is 15.4 Å². The lowest BCUT2D eigenvalue weighted by atomic mass is 9.85. The molecule has 0 amide bonds. The molecule has 5 heteroatoms. The third-order valence-electron chi connectivity index (χ3n) is 3.36. The summed E-state index contributed by atoms with van der Waals surface area (Å²) in [6.45, 7) is 4.56. The Morgan fingerprint density at radius 2 is 1.75 bits per heavy atom. The molecular formula is C15H25NO3S. The Bertz CT molecular complexity index is 483. The first-order chi connectivity index (χ1) is 9.37. The number of aliphatic hydroxyl groups is 1. The Kier molecular flexibility index (Phi) is 6.65. The molecule has 0 saturated carbocycles. The molecule has 0 unspecified atom stereocenters. The first-order valence-electron chi connectivity index (χ1n) is 7.01. The van der Waals surface area contributed by atoms with Gasteiger partial charge in [0.05, 0.1) is 5.75 Å². The average Bonchev–Trinajstić information content (AvgIpc) is 2.43. The van der Waals surface area contributed by atoms with Crippen molar-refractivity contribution in [1.29, 1.82) is 0 Å². The minimum atomic E-state index is -3.23. The van der Waals surface area contributed by atoms with Crippen molar-refractivity contribution in [2.45, 2.75) is 38.5 Å². The topological polar surface area (TPSA) is 66.4 Å². The van der Waals surface area contributed by atoms with Crippen molar-refractivity contribution in [2.75, 3.05) is 18.9 Å². The van der Waals surface area contributed by atoms with Gasteiger partial charge in [-0.15, -0.1) is 0 Å². The highest BCUT2D eigenvalue weighted by atomic mass is 32.2. The fourth-order valence-electron chi connectivity index (χ4n) is 1.93. The smallest absolute Gasteiger partial charge is 0.211 e. The van der Waals surface area contributed by atoms with E-state index in [4.69, 9.17) is 5.11 Å². The van der Waals surface area contributed by atoms with Gasteiger partial charge in [-0.2, -0.15) is 0 Å². The second-order valence-electron chi connectivity index (χ2n) is 5.67. The number of sulfonamides is 1. The lowest BCUT2D eigenvalue weighted by molar-refractivity contribution is 0.284. The molecule has 1 aromatic carbocycles. The molecule has 0 heterocycles. The second-order valence-corrected chi connectivity index (χ2v) is 7.60. The number of benzene rings is 1. The average molecular weight is 299 g/mol. The molecule has 0 atom stereocenters. The van der Waals surface area contributed by atoms with Crippen LogP contribution in [0.5, 0.6) is 0 Å². The van der Waals surface area contributed by atoms with E-state index in [0.29, 0.717) is 19.4 Å². The van der Waals surface area contributed by atoms with Crippen LogP contribution in [-0.4, -0.2) is 32.4 Å². The first-order valence-corrected chi connectivity index (χ1v) is 8.66. The molecule has 0 bridgehead atoms. The molecule has 4 nitrogen and oxygen atoms in total. The zero-order chi connectivity index (χ0) is 15.1. The number of unbranched alkanes of at least 4 members (excludes halogenated alkanes) is 2. The largest absolute Gasteiger partial charge is 0.396 e. The van der Waals surface area contributed by atoms with E-state index in [9.17, 15) is 8.42 Å². The van der Waals surface area contributed by atoms with Gasteiger partial charge in [0.1, 0.15) is 0 Å². The number of hydrogen-bond acceptors (Lipinski definition) is 3. The van der Waals surface area contributed by atoms with Gasteiger partial charge < -0.3 is 5.11 Å². The van der Waals surface area contributed by atoms with E-state index in [-0.39, 0.29) is 17.8 Å². The molecule has 0 spiro atoms. The van der Waals surface area contributed by atoms with Crippen molar-refractivity contribution in [1.82, 2.24) is 4.72 Å². The third kappa shape index (κ3) is 6.03. The van der Waals surface area contributed by atoms with Crippen molar-refractivity contribution in [3.05, 3.63) is 35.9 Å². The maximum Gasteiger partial charge on any atom is 0.211 e. The van der Waals surface area contributed by atoms with Crippen molar-refractivity contribution in [3.63, 3.8) is 0 Å². The standard InChI is InChI=1S/C15H25NO3S/c1-15(2,14-9-5-3-6-10-14)13-16-20(18,19)12-8-4-7-11-17/h3,5-6,9-10,16-17H,4,7-8,11-13H2,1-2H3. The van der Waals surface area contributed by atoms with E-state index >= 15 is 0 Å². The molecule has 0 aliphatic rings. The Labute approximate surface area is 122 Å². The first kappa shape index (κ1) is 17.1. The summed E-state index contributed by atoms with van der Waals surface area (Å²) in [4.78, 5) is 0. The number of hydrogen-bond donors (Lipinski definition) is 2. The molecule has 0 radical (unpaired) electrons. The van der Waals surface area contributed by atoms with Gasteiger partial charge in [-0.05, 0) is 18.4 Å². The second kappa shape index (κ2) is 7.76. The Hall–Kier alpha value is -0.910. The van der Waals surface area contributed by atoms with E-state index in [1.165, 1.54) is 0 Å². The molecule has 0 saturated heterocycles. The van der Waals surface area contributed by atoms with Crippen LogP contribution in [0, 0.1) is 0 Å². The Morgan fingerprint density at radius 1 is 1.10 bits per heavy atom. The summed E-state index contributed by atoms with van der Waals surface area (Å²) in [7, 11) is -3.23. The van der Waals surface area contributed by atoms with Crippen LogP contribution in [0.15, 0.2) is 30.3 Å². The molecule has 1 aromatic rings. The van der Waals surface area contributed by atoms with Gasteiger partial charge in [0.2, 0.25) is 10.0 Å². The summed E-state index contributed by atoms with van der Waals surface area (Å²) < 4.78 is 26.5. The summed E-state index contributed by atoms with van der Waals surface area (Å²) in [6.07, 6.45) is 1.98. The molecule has 0 aromatic heterocycles. The van der Waals surface area contributed by atoms with E-state index < -0.39 is 10.0 Å². The van der Waals surface area contributed by atoms with Crippen LogP contribution < -0.4 is 4.72 Å². The molecule has 2 N–H and O–H groups in total. The summed E-state index contributed by atoms with van der Waals surface area (Å²) in [6, 6.07) is 9.89. The maximum atomic E-state index is 11.9. The normalized spacial score (nSPS) is 12.6. The summed E-state index contributed by atoms with van der Waals surface area (Å²) in [5.41, 5.74) is 0.877.